The number of benzene rings is 2. The summed E-state index contributed by atoms with van der Waals surface area (Å²) < 4.78 is 11.1. The molecule has 0 amide bonds. The number of ether oxygens (including phenoxy) is 2. The fourth-order valence-corrected chi connectivity index (χ4v) is 3.42. The number of nitrogens with zero attached hydrogens (tertiary/aromatic N) is 3. The van der Waals surface area contributed by atoms with E-state index in [1.165, 1.54) is 0 Å². The summed E-state index contributed by atoms with van der Waals surface area (Å²) in [5.41, 5.74) is 4.05. The van der Waals surface area contributed by atoms with Crippen LogP contribution in [0.2, 0.25) is 0 Å². The van der Waals surface area contributed by atoms with Gasteiger partial charge in [0.25, 0.3) is 0 Å². The average molecular weight is 395 g/mol. The minimum absolute atomic E-state index is 0.252. The van der Waals surface area contributed by atoms with Gasteiger partial charge in [-0.05, 0) is 41.5 Å². The maximum atomic E-state index is 12.2. The summed E-state index contributed by atoms with van der Waals surface area (Å²) in [6.07, 6.45) is 5.13. The highest BCUT2D eigenvalue weighted by Crippen LogP contribution is 2.33. The Balaban J connectivity index is 1.35. The van der Waals surface area contributed by atoms with E-state index in [2.05, 4.69) is 15.0 Å². The molecule has 146 valence electrons. The number of rotatable bonds is 5. The van der Waals surface area contributed by atoms with Crippen molar-refractivity contribution in [2.45, 2.75) is 6.61 Å². The van der Waals surface area contributed by atoms with E-state index >= 15 is 0 Å². The molecule has 6 heteroatoms. The molecule has 30 heavy (non-hydrogen) atoms. The van der Waals surface area contributed by atoms with Crippen LogP contribution in [0.1, 0.15) is 17.0 Å². The zero-order valence-electron chi connectivity index (χ0n) is 16.0. The zero-order chi connectivity index (χ0) is 20.3. The number of aromatic nitrogens is 3. The van der Waals surface area contributed by atoms with Crippen molar-refractivity contribution in [2.75, 3.05) is 6.61 Å². The van der Waals surface area contributed by atoms with Gasteiger partial charge in [0.15, 0.2) is 5.82 Å². The van der Waals surface area contributed by atoms with Gasteiger partial charge in [-0.2, -0.15) is 0 Å². The number of pyridine rings is 1. The van der Waals surface area contributed by atoms with E-state index < -0.39 is 0 Å². The first-order valence-corrected chi connectivity index (χ1v) is 9.52. The van der Waals surface area contributed by atoms with Crippen LogP contribution in [0.15, 0.2) is 79.3 Å². The second-order valence-electron chi connectivity index (χ2n) is 6.82. The van der Waals surface area contributed by atoms with Crippen LogP contribution in [0.5, 0.6) is 5.75 Å². The standard InChI is InChI=1S/C24H17N3O3/c28-24-23(17-9-11-25-12-10-17)20(14-30-24)16-5-7-19(8-6-16)29-15-22-26-13-18-3-1-2-4-21(18)27-22/h1-13H,14-15H2. The lowest BCUT2D eigenvalue weighted by Crippen LogP contribution is -2.01. The molecule has 0 unspecified atom stereocenters. The summed E-state index contributed by atoms with van der Waals surface area (Å²) in [5, 5.41) is 0.997. The van der Waals surface area contributed by atoms with Gasteiger partial charge < -0.3 is 9.47 Å². The fraction of sp³-hybridized carbons (Fsp3) is 0.0833. The second kappa shape index (κ2) is 7.75. The van der Waals surface area contributed by atoms with E-state index in [1.54, 1.807) is 18.6 Å². The number of hydrogen-bond donors (Lipinski definition) is 0. The summed E-state index contributed by atoms with van der Waals surface area (Å²) in [5.74, 6) is 1.01. The monoisotopic (exact) mass is 395 g/mol. The Labute approximate surface area is 172 Å². The van der Waals surface area contributed by atoms with Crippen molar-refractivity contribution in [2.24, 2.45) is 0 Å². The predicted molar refractivity (Wildman–Crippen MR) is 112 cm³/mol. The van der Waals surface area contributed by atoms with Gasteiger partial charge in [-0.1, -0.05) is 30.3 Å². The molecule has 1 aliphatic rings. The molecular formula is C24H17N3O3. The molecule has 0 N–H and O–H groups in total. The third-order valence-corrected chi connectivity index (χ3v) is 4.93. The van der Waals surface area contributed by atoms with Crippen LogP contribution < -0.4 is 4.74 Å². The van der Waals surface area contributed by atoms with E-state index in [-0.39, 0.29) is 19.2 Å². The van der Waals surface area contributed by atoms with E-state index in [0.717, 1.165) is 27.6 Å². The van der Waals surface area contributed by atoms with Crippen LogP contribution in [0.4, 0.5) is 0 Å². The van der Waals surface area contributed by atoms with Crippen molar-refractivity contribution in [1.82, 2.24) is 15.0 Å². The van der Waals surface area contributed by atoms with Gasteiger partial charge in [-0.25, -0.2) is 14.8 Å². The Kier molecular flexibility index (Phi) is 4.65. The molecular weight excluding hydrogens is 378 g/mol. The molecule has 0 bridgehead atoms. The highest BCUT2D eigenvalue weighted by Gasteiger charge is 2.27. The van der Waals surface area contributed by atoms with Crippen LogP contribution in [0.3, 0.4) is 0 Å². The van der Waals surface area contributed by atoms with Crippen molar-refractivity contribution < 1.29 is 14.3 Å². The summed E-state index contributed by atoms with van der Waals surface area (Å²) in [4.78, 5) is 25.1. The molecule has 0 saturated heterocycles. The largest absolute Gasteiger partial charge is 0.486 e. The summed E-state index contributed by atoms with van der Waals surface area (Å²) >= 11 is 0. The lowest BCUT2D eigenvalue weighted by Gasteiger charge is -2.08. The number of cyclic esters (lactones) is 1. The molecule has 0 aliphatic carbocycles. The Morgan fingerprint density at radius 3 is 2.57 bits per heavy atom. The molecule has 0 saturated carbocycles. The maximum Gasteiger partial charge on any atom is 0.339 e. The number of esters is 1. The van der Waals surface area contributed by atoms with E-state index in [0.29, 0.717) is 17.1 Å². The highest BCUT2D eigenvalue weighted by atomic mass is 16.5. The molecule has 0 atom stereocenters. The van der Waals surface area contributed by atoms with Gasteiger partial charge in [-0.15, -0.1) is 0 Å². The summed E-state index contributed by atoms with van der Waals surface area (Å²) in [6, 6.07) is 19.1. The average Bonchev–Trinajstić information content (AvgIpc) is 3.20. The fourth-order valence-electron chi connectivity index (χ4n) is 3.42. The molecule has 5 rings (SSSR count). The number of fused-ring (bicyclic) bond motifs is 1. The Morgan fingerprint density at radius 1 is 0.933 bits per heavy atom. The van der Waals surface area contributed by atoms with E-state index in [4.69, 9.17) is 9.47 Å². The quantitative estimate of drug-likeness (QED) is 0.474. The van der Waals surface area contributed by atoms with Gasteiger partial charge in [0.05, 0.1) is 11.1 Å². The third-order valence-electron chi connectivity index (χ3n) is 4.93. The lowest BCUT2D eigenvalue weighted by molar-refractivity contribution is -0.133. The molecule has 2 aromatic heterocycles. The number of carbonyl (C=O) groups excluding carboxylic acids is 1. The van der Waals surface area contributed by atoms with Crippen molar-refractivity contribution in [3.05, 3.63) is 96.2 Å². The third kappa shape index (κ3) is 3.51. The van der Waals surface area contributed by atoms with E-state index in [1.807, 2.05) is 60.7 Å². The minimum atomic E-state index is -0.315. The van der Waals surface area contributed by atoms with Crippen molar-refractivity contribution in [3.8, 4) is 5.75 Å². The normalized spacial score (nSPS) is 13.5. The summed E-state index contributed by atoms with van der Waals surface area (Å²) in [6.45, 7) is 0.526. The van der Waals surface area contributed by atoms with Gasteiger partial charge in [0, 0.05) is 29.5 Å². The molecule has 0 spiro atoms. The first-order chi connectivity index (χ1) is 14.8. The molecule has 1 aliphatic heterocycles. The highest BCUT2D eigenvalue weighted by molar-refractivity contribution is 6.27. The summed E-state index contributed by atoms with van der Waals surface area (Å²) in [7, 11) is 0. The SMILES string of the molecule is O=C1OCC(c2ccc(OCc3ncc4ccccc4n3)cc2)=C1c1ccncc1. The Morgan fingerprint density at radius 2 is 1.73 bits per heavy atom. The molecule has 0 radical (unpaired) electrons. The molecule has 0 fully saturated rings. The number of para-hydroxylation sites is 1. The van der Waals surface area contributed by atoms with Crippen LogP contribution in [-0.2, 0) is 16.1 Å². The van der Waals surface area contributed by atoms with Crippen molar-refractivity contribution in [1.29, 1.82) is 0 Å². The Bertz CT molecular complexity index is 1250. The molecule has 6 nitrogen and oxygen atoms in total. The molecule has 3 heterocycles. The van der Waals surface area contributed by atoms with Crippen LogP contribution >= 0.6 is 0 Å². The maximum absolute atomic E-state index is 12.2. The molecule has 2 aromatic carbocycles. The lowest BCUT2D eigenvalue weighted by atomic mass is 9.97. The minimum Gasteiger partial charge on any atom is -0.486 e. The first-order valence-electron chi connectivity index (χ1n) is 9.52. The van der Waals surface area contributed by atoms with Crippen LogP contribution in [0, 0.1) is 0 Å². The smallest absolute Gasteiger partial charge is 0.339 e. The van der Waals surface area contributed by atoms with Gasteiger partial charge >= 0.3 is 5.97 Å². The van der Waals surface area contributed by atoms with Gasteiger partial charge in [-0.3, -0.25) is 4.98 Å². The van der Waals surface area contributed by atoms with Gasteiger partial charge in [0.1, 0.15) is 19.0 Å². The predicted octanol–water partition coefficient (Wildman–Crippen LogP) is 4.07. The number of carbonyl (C=O) groups is 1. The van der Waals surface area contributed by atoms with Crippen LogP contribution in [-0.4, -0.2) is 27.5 Å². The van der Waals surface area contributed by atoms with Crippen LogP contribution in [0.25, 0.3) is 22.0 Å². The van der Waals surface area contributed by atoms with E-state index in [9.17, 15) is 4.79 Å². The first kappa shape index (κ1) is 18.0. The second-order valence-corrected chi connectivity index (χ2v) is 6.82. The van der Waals surface area contributed by atoms with Gasteiger partial charge in [0.2, 0.25) is 0 Å². The van der Waals surface area contributed by atoms with Crippen molar-refractivity contribution >= 4 is 28.0 Å². The van der Waals surface area contributed by atoms with Crippen molar-refractivity contribution in [3.63, 3.8) is 0 Å². The molecule has 4 aromatic rings. The topological polar surface area (TPSA) is 74.2 Å². The number of hydrogen-bond acceptors (Lipinski definition) is 6. The zero-order valence-corrected chi connectivity index (χ0v) is 16.0. The Hall–Kier alpha value is -4.06.